The monoisotopic (exact) mass is 271 g/mol. The lowest BCUT2D eigenvalue weighted by atomic mass is 10.1. The maximum absolute atomic E-state index is 12.2. The van der Waals surface area contributed by atoms with Crippen molar-refractivity contribution in [1.29, 1.82) is 0 Å². The smallest absolute Gasteiger partial charge is 0.241 e. The zero-order valence-electron chi connectivity index (χ0n) is 11.3. The van der Waals surface area contributed by atoms with Crippen LogP contribution in [0.15, 0.2) is 17.0 Å². The molecule has 0 saturated heterocycles. The van der Waals surface area contributed by atoms with Crippen molar-refractivity contribution in [3.8, 4) is 0 Å². The van der Waals surface area contributed by atoms with Gasteiger partial charge in [0, 0.05) is 18.8 Å². The Morgan fingerprint density at radius 3 is 2.44 bits per heavy atom. The molecular formula is C12H21N3O2S. The van der Waals surface area contributed by atoms with E-state index in [-0.39, 0.29) is 0 Å². The van der Waals surface area contributed by atoms with E-state index in [1.54, 1.807) is 26.0 Å². The van der Waals surface area contributed by atoms with Crippen LogP contribution in [0.3, 0.4) is 0 Å². The number of likely N-dealkylation sites (N-methyl/N-ethyl adjacent to an activating group) is 1. The molecule has 1 rings (SSSR count). The normalized spacial score (nSPS) is 12.1. The van der Waals surface area contributed by atoms with Gasteiger partial charge in [0.25, 0.3) is 0 Å². The van der Waals surface area contributed by atoms with E-state index in [4.69, 9.17) is 5.73 Å². The van der Waals surface area contributed by atoms with Crippen LogP contribution in [-0.2, 0) is 10.0 Å². The highest BCUT2D eigenvalue weighted by Gasteiger charge is 2.20. The summed E-state index contributed by atoms with van der Waals surface area (Å²) in [5, 5.41) is 0. The Morgan fingerprint density at radius 1 is 1.28 bits per heavy atom. The largest absolute Gasteiger partial charge is 0.398 e. The highest BCUT2D eigenvalue weighted by molar-refractivity contribution is 7.89. The molecule has 102 valence electrons. The van der Waals surface area contributed by atoms with Crippen molar-refractivity contribution in [3.63, 3.8) is 0 Å². The van der Waals surface area contributed by atoms with Crippen LogP contribution in [0.4, 0.5) is 5.69 Å². The topological polar surface area (TPSA) is 75.4 Å². The first-order valence-electron chi connectivity index (χ1n) is 5.76. The van der Waals surface area contributed by atoms with Gasteiger partial charge in [0.15, 0.2) is 0 Å². The van der Waals surface area contributed by atoms with Crippen LogP contribution < -0.4 is 10.5 Å². The minimum atomic E-state index is -3.50. The Balaban J connectivity index is 3.02. The lowest BCUT2D eigenvalue weighted by molar-refractivity contribution is 0.412. The van der Waals surface area contributed by atoms with Crippen LogP contribution in [0, 0.1) is 13.8 Å². The molecule has 0 aromatic heterocycles. The van der Waals surface area contributed by atoms with E-state index >= 15 is 0 Å². The number of nitrogens with two attached hydrogens (primary N) is 1. The highest BCUT2D eigenvalue weighted by atomic mass is 32.2. The van der Waals surface area contributed by atoms with Gasteiger partial charge in [0.1, 0.15) is 0 Å². The summed E-state index contributed by atoms with van der Waals surface area (Å²) in [5.41, 5.74) is 7.57. The fourth-order valence-corrected chi connectivity index (χ4v) is 3.25. The molecule has 6 heteroatoms. The predicted octanol–water partition coefficient (Wildman–Crippen LogP) is 0.726. The fraction of sp³-hybridized carbons (Fsp3) is 0.500. The summed E-state index contributed by atoms with van der Waals surface area (Å²) in [7, 11) is 0.292. The van der Waals surface area contributed by atoms with Crippen molar-refractivity contribution < 1.29 is 8.42 Å². The minimum Gasteiger partial charge on any atom is -0.398 e. The van der Waals surface area contributed by atoms with Gasteiger partial charge in [0.2, 0.25) is 10.0 Å². The zero-order chi connectivity index (χ0) is 13.9. The molecule has 0 aliphatic rings. The van der Waals surface area contributed by atoms with Gasteiger partial charge in [-0.2, -0.15) is 0 Å². The zero-order valence-corrected chi connectivity index (χ0v) is 12.1. The van der Waals surface area contributed by atoms with E-state index in [0.717, 1.165) is 0 Å². The fourth-order valence-electron chi connectivity index (χ4n) is 1.73. The summed E-state index contributed by atoms with van der Waals surface area (Å²) in [5.74, 6) is 0. The molecule has 0 unspecified atom stereocenters. The Labute approximate surface area is 109 Å². The standard InChI is InChI=1S/C12H21N3O2S/c1-9-5-6-11(13)10(2)12(9)18(16,17)14-7-8-15(3)4/h5-6,14H,7-8,13H2,1-4H3. The second-order valence-corrected chi connectivity index (χ2v) is 6.33. The van der Waals surface area contributed by atoms with E-state index < -0.39 is 10.0 Å². The molecule has 0 atom stereocenters. The predicted molar refractivity (Wildman–Crippen MR) is 74.1 cm³/mol. The number of hydrogen-bond donors (Lipinski definition) is 2. The molecule has 18 heavy (non-hydrogen) atoms. The molecule has 0 fully saturated rings. The number of anilines is 1. The number of aryl methyl sites for hydroxylation is 1. The Bertz CT molecular complexity index is 524. The lowest BCUT2D eigenvalue weighted by Gasteiger charge is -2.15. The van der Waals surface area contributed by atoms with E-state index in [1.807, 2.05) is 19.0 Å². The second-order valence-electron chi connectivity index (χ2n) is 4.63. The molecular weight excluding hydrogens is 250 g/mol. The van der Waals surface area contributed by atoms with Crippen molar-refractivity contribution >= 4 is 15.7 Å². The van der Waals surface area contributed by atoms with Crippen molar-refractivity contribution in [1.82, 2.24) is 9.62 Å². The molecule has 0 heterocycles. The molecule has 3 N–H and O–H groups in total. The molecule has 1 aromatic rings. The van der Waals surface area contributed by atoms with Crippen LogP contribution in [0.5, 0.6) is 0 Å². The average molecular weight is 271 g/mol. The van der Waals surface area contributed by atoms with E-state index in [0.29, 0.717) is 34.8 Å². The van der Waals surface area contributed by atoms with Crippen molar-refractivity contribution in [3.05, 3.63) is 23.3 Å². The quantitative estimate of drug-likeness (QED) is 0.774. The molecule has 0 bridgehead atoms. The van der Waals surface area contributed by atoms with Gasteiger partial charge in [-0.3, -0.25) is 0 Å². The molecule has 0 aliphatic carbocycles. The maximum Gasteiger partial charge on any atom is 0.241 e. The number of rotatable bonds is 5. The number of hydrogen-bond acceptors (Lipinski definition) is 4. The third-order valence-electron chi connectivity index (χ3n) is 2.76. The molecule has 0 aliphatic heterocycles. The van der Waals surface area contributed by atoms with Gasteiger partial charge in [-0.25, -0.2) is 13.1 Å². The number of benzene rings is 1. The van der Waals surface area contributed by atoms with E-state index in [1.165, 1.54) is 0 Å². The summed E-state index contributed by atoms with van der Waals surface area (Å²) >= 11 is 0. The summed E-state index contributed by atoms with van der Waals surface area (Å²) in [4.78, 5) is 2.21. The van der Waals surface area contributed by atoms with Gasteiger partial charge in [0.05, 0.1) is 4.90 Å². The maximum atomic E-state index is 12.2. The Morgan fingerprint density at radius 2 is 1.89 bits per heavy atom. The van der Waals surface area contributed by atoms with Crippen molar-refractivity contribution in [2.45, 2.75) is 18.7 Å². The summed E-state index contributed by atoms with van der Waals surface area (Å²) in [6, 6.07) is 3.45. The number of sulfonamides is 1. The van der Waals surface area contributed by atoms with Gasteiger partial charge in [-0.05, 0) is 45.1 Å². The summed E-state index contributed by atoms with van der Waals surface area (Å²) in [6.07, 6.45) is 0. The van der Waals surface area contributed by atoms with E-state index in [9.17, 15) is 8.42 Å². The minimum absolute atomic E-state index is 0.293. The van der Waals surface area contributed by atoms with Crippen LogP contribution in [0.25, 0.3) is 0 Å². The van der Waals surface area contributed by atoms with Crippen LogP contribution in [0.1, 0.15) is 11.1 Å². The highest BCUT2D eigenvalue weighted by Crippen LogP contribution is 2.24. The van der Waals surface area contributed by atoms with E-state index in [2.05, 4.69) is 4.72 Å². The van der Waals surface area contributed by atoms with Crippen LogP contribution >= 0.6 is 0 Å². The molecule has 5 nitrogen and oxygen atoms in total. The van der Waals surface area contributed by atoms with Crippen molar-refractivity contribution in [2.24, 2.45) is 0 Å². The SMILES string of the molecule is Cc1ccc(N)c(C)c1S(=O)(=O)NCCN(C)C. The van der Waals surface area contributed by atoms with Crippen molar-refractivity contribution in [2.75, 3.05) is 32.9 Å². The number of nitrogens with zero attached hydrogens (tertiary/aromatic N) is 1. The van der Waals surface area contributed by atoms with Gasteiger partial charge < -0.3 is 10.6 Å². The van der Waals surface area contributed by atoms with Gasteiger partial charge >= 0.3 is 0 Å². The van der Waals surface area contributed by atoms with Gasteiger partial charge in [-0.15, -0.1) is 0 Å². The summed E-state index contributed by atoms with van der Waals surface area (Å²) < 4.78 is 27.0. The lowest BCUT2D eigenvalue weighted by Crippen LogP contribution is -2.32. The first kappa shape index (κ1) is 14.9. The molecule has 0 amide bonds. The Hall–Kier alpha value is -1.11. The third-order valence-corrected chi connectivity index (χ3v) is 4.51. The third kappa shape index (κ3) is 3.44. The first-order valence-corrected chi connectivity index (χ1v) is 7.24. The second kappa shape index (κ2) is 5.69. The molecule has 0 saturated carbocycles. The molecule has 1 aromatic carbocycles. The van der Waals surface area contributed by atoms with Crippen LogP contribution in [0.2, 0.25) is 0 Å². The number of nitrogen functional groups attached to an aromatic ring is 1. The summed E-state index contributed by atoms with van der Waals surface area (Å²) in [6.45, 7) is 4.53. The first-order chi connectivity index (χ1) is 8.25. The van der Waals surface area contributed by atoms with Gasteiger partial charge in [-0.1, -0.05) is 6.07 Å². The Kier molecular flexibility index (Phi) is 4.72. The number of nitrogens with one attached hydrogen (secondary N) is 1. The molecule has 0 spiro atoms. The molecule has 0 radical (unpaired) electrons. The average Bonchev–Trinajstić information content (AvgIpc) is 2.23. The van der Waals surface area contributed by atoms with Crippen LogP contribution in [-0.4, -0.2) is 40.5 Å².